The van der Waals surface area contributed by atoms with Crippen LogP contribution in [0.3, 0.4) is 0 Å². The fraction of sp³-hybridized carbons (Fsp3) is 0.500. The van der Waals surface area contributed by atoms with E-state index in [0.29, 0.717) is 6.04 Å². The number of allylic oxidation sites excluding steroid dienone is 1. The van der Waals surface area contributed by atoms with Crippen molar-refractivity contribution in [3.05, 3.63) is 41.5 Å². The van der Waals surface area contributed by atoms with Gasteiger partial charge in [0.25, 0.3) is 0 Å². The Morgan fingerprint density at radius 1 is 1.44 bits per heavy atom. The first kappa shape index (κ1) is 14.8. The van der Waals surface area contributed by atoms with Gasteiger partial charge in [0.1, 0.15) is 5.75 Å². The molecule has 1 rings (SSSR count). The second kappa shape index (κ2) is 7.22. The van der Waals surface area contributed by atoms with Crippen molar-refractivity contribution in [2.45, 2.75) is 39.7 Å². The Morgan fingerprint density at radius 2 is 2.17 bits per heavy atom. The van der Waals surface area contributed by atoms with Crippen molar-refractivity contribution < 1.29 is 4.74 Å². The summed E-state index contributed by atoms with van der Waals surface area (Å²) in [7, 11) is 1.73. The van der Waals surface area contributed by atoms with E-state index >= 15 is 0 Å². The number of hydrogen-bond acceptors (Lipinski definition) is 2. The quantitative estimate of drug-likeness (QED) is 0.735. The van der Waals surface area contributed by atoms with E-state index in [1.165, 1.54) is 16.7 Å². The third-order valence-corrected chi connectivity index (χ3v) is 3.07. The van der Waals surface area contributed by atoms with Gasteiger partial charge in [-0.05, 0) is 39.3 Å². The van der Waals surface area contributed by atoms with Gasteiger partial charge in [0.15, 0.2) is 0 Å². The normalized spacial score (nSPS) is 12.2. The van der Waals surface area contributed by atoms with Crippen LogP contribution >= 0.6 is 0 Å². The molecule has 1 atom stereocenters. The lowest BCUT2D eigenvalue weighted by atomic mass is 9.97. The van der Waals surface area contributed by atoms with Crippen molar-refractivity contribution in [1.82, 2.24) is 5.32 Å². The molecule has 0 aliphatic heterocycles. The van der Waals surface area contributed by atoms with E-state index in [9.17, 15) is 0 Å². The van der Waals surface area contributed by atoms with Crippen LogP contribution < -0.4 is 10.1 Å². The summed E-state index contributed by atoms with van der Waals surface area (Å²) in [5.74, 6) is 0.966. The van der Waals surface area contributed by atoms with Crippen molar-refractivity contribution in [2.24, 2.45) is 0 Å². The number of benzene rings is 1. The Labute approximate surface area is 111 Å². The summed E-state index contributed by atoms with van der Waals surface area (Å²) in [5, 5.41) is 3.54. The molecule has 0 amide bonds. The van der Waals surface area contributed by atoms with Gasteiger partial charge in [0.05, 0.1) is 7.11 Å². The van der Waals surface area contributed by atoms with Crippen LogP contribution in [0.4, 0.5) is 0 Å². The first-order chi connectivity index (χ1) is 8.58. The Hall–Kier alpha value is -1.28. The third kappa shape index (κ3) is 4.19. The van der Waals surface area contributed by atoms with Crippen molar-refractivity contribution in [3.8, 4) is 5.75 Å². The molecule has 2 nitrogen and oxygen atoms in total. The molecule has 0 spiro atoms. The lowest BCUT2D eigenvalue weighted by molar-refractivity contribution is 0.396. The smallest absolute Gasteiger partial charge is 0.123 e. The van der Waals surface area contributed by atoms with Crippen LogP contribution in [-0.2, 0) is 0 Å². The predicted molar refractivity (Wildman–Crippen MR) is 78.2 cm³/mol. The zero-order valence-electron chi connectivity index (χ0n) is 12.0. The maximum absolute atomic E-state index is 5.47. The standard InChI is InChI=1S/C16H25NO/c1-6-17-15(9-7-12(2)3)14-11-13(4)8-10-16(14)18-5/h8,10-11,15,17H,2,6-7,9H2,1,3-5H3. The van der Waals surface area contributed by atoms with Gasteiger partial charge in [-0.25, -0.2) is 0 Å². The second-order valence-electron chi connectivity index (χ2n) is 4.85. The molecule has 0 aliphatic carbocycles. The van der Waals surface area contributed by atoms with E-state index in [0.717, 1.165) is 25.1 Å². The van der Waals surface area contributed by atoms with Crippen LogP contribution in [0.1, 0.15) is 43.9 Å². The summed E-state index contributed by atoms with van der Waals surface area (Å²) in [4.78, 5) is 0. The minimum Gasteiger partial charge on any atom is -0.496 e. The average Bonchev–Trinajstić information content (AvgIpc) is 2.34. The molecule has 2 heteroatoms. The summed E-state index contributed by atoms with van der Waals surface area (Å²) in [5.41, 5.74) is 3.74. The molecule has 0 saturated carbocycles. The summed E-state index contributed by atoms with van der Waals surface area (Å²) in [6.45, 7) is 11.3. The highest BCUT2D eigenvalue weighted by Crippen LogP contribution is 2.29. The molecule has 18 heavy (non-hydrogen) atoms. The highest BCUT2D eigenvalue weighted by atomic mass is 16.5. The zero-order chi connectivity index (χ0) is 13.5. The van der Waals surface area contributed by atoms with E-state index in [-0.39, 0.29) is 0 Å². The summed E-state index contributed by atoms with van der Waals surface area (Å²) in [6, 6.07) is 6.69. The maximum Gasteiger partial charge on any atom is 0.123 e. The van der Waals surface area contributed by atoms with Crippen LogP contribution in [0.15, 0.2) is 30.4 Å². The van der Waals surface area contributed by atoms with Crippen LogP contribution in [0.5, 0.6) is 5.75 Å². The molecule has 1 unspecified atom stereocenters. The third-order valence-electron chi connectivity index (χ3n) is 3.07. The SMILES string of the molecule is C=C(C)CCC(NCC)c1cc(C)ccc1OC. The molecule has 1 N–H and O–H groups in total. The van der Waals surface area contributed by atoms with Crippen LogP contribution in [0.2, 0.25) is 0 Å². The van der Waals surface area contributed by atoms with Crippen molar-refractivity contribution in [3.63, 3.8) is 0 Å². The molecule has 0 heterocycles. The number of nitrogens with one attached hydrogen (secondary N) is 1. The molecule has 0 bridgehead atoms. The fourth-order valence-electron chi connectivity index (χ4n) is 2.13. The first-order valence-corrected chi connectivity index (χ1v) is 6.60. The number of rotatable bonds is 7. The molecule has 0 radical (unpaired) electrons. The molecule has 0 fully saturated rings. The first-order valence-electron chi connectivity index (χ1n) is 6.60. The minimum absolute atomic E-state index is 0.335. The number of aryl methyl sites for hydroxylation is 1. The van der Waals surface area contributed by atoms with Gasteiger partial charge in [-0.2, -0.15) is 0 Å². The summed E-state index contributed by atoms with van der Waals surface area (Å²) < 4.78 is 5.47. The van der Waals surface area contributed by atoms with Crippen LogP contribution in [-0.4, -0.2) is 13.7 Å². The topological polar surface area (TPSA) is 21.3 Å². The van der Waals surface area contributed by atoms with E-state index in [1.54, 1.807) is 7.11 Å². The molecular formula is C16H25NO. The molecule has 1 aromatic carbocycles. The summed E-state index contributed by atoms with van der Waals surface area (Å²) in [6.07, 6.45) is 2.09. The molecular weight excluding hydrogens is 222 g/mol. The van der Waals surface area contributed by atoms with E-state index in [2.05, 4.69) is 50.9 Å². The second-order valence-corrected chi connectivity index (χ2v) is 4.85. The molecule has 1 aromatic rings. The van der Waals surface area contributed by atoms with Gasteiger partial charge in [-0.3, -0.25) is 0 Å². The fourth-order valence-corrected chi connectivity index (χ4v) is 2.13. The molecule has 100 valence electrons. The zero-order valence-corrected chi connectivity index (χ0v) is 12.0. The lowest BCUT2D eigenvalue weighted by Gasteiger charge is -2.21. The summed E-state index contributed by atoms with van der Waals surface area (Å²) >= 11 is 0. The van der Waals surface area contributed by atoms with E-state index in [1.807, 2.05) is 0 Å². The number of hydrogen-bond donors (Lipinski definition) is 1. The molecule has 0 aromatic heterocycles. The highest BCUT2D eigenvalue weighted by Gasteiger charge is 2.15. The highest BCUT2D eigenvalue weighted by molar-refractivity contribution is 5.39. The van der Waals surface area contributed by atoms with E-state index < -0.39 is 0 Å². The Balaban J connectivity index is 2.95. The van der Waals surface area contributed by atoms with Gasteiger partial charge < -0.3 is 10.1 Å². The maximum atomic E-state index is 5.47. The van der Waals surface area contributed by atoms with Gasteiger partial charge in [0, 0.05) is 11.6 Å². The van der Waals surface area contributed by atoms with Crippen molar-refractivity contribution >= 4 is 0 Å². The number of methoxy groups -OCH3 is 1. The van der Waals surface area contributed by atoms with Crippen LogP contribution in [0, 0.1) is 6.92 Å². The Bertz CT molecular complexity index is 398. The molecule has 0 saturated heterocycles. The minimum atomic E-state index is 0.335. The Kier molecular flexibility index (Phi) is 5.93. The predicted octanol–water partition coefficient (Wildman–Crippen LogP) is 4.01. The van der Waals surface area contributed by atoms with Crippen molar-refractivity contribution in [2.75, 3.05) is 13.7 Å². The lowest BCUT2D eigenvalue weighted by Crippen LogP contribution is -2.21. The largest absolute Gasteiger partial charge is 0.496 e. The van der Waals surface area contributed by atoms with Gasteiger partial charge in [-0.15, -0.1) is 6.58 Å². The van der Waals surface area contributed by atoms with Crippen molar-refractivity contribution in [1.29, 1.82) is 0 Å². The van der Waals surface area contributed by atoms with Gasteiger partial charge in [0.2, 0.25) is 0 Å². The van der Waals surface area contributed by atoms with Crippen LogP contribution in [0.25, 0.3) is 0 Å². The number of ether oxygens (including phenoxy) is 1. The monoisotopic (exact) mass is 247 g/mol. The van der Waals surface area contributed by atoms with Gasteiger partial charge in [-0.1, -0.05) is 30.2 Å². The Morgan fingerprint density at radius 3 is 2.72 bits per heavy atom. The average molecular weight is 247 g/mol. The van der Waals surface area contributed by atoms with Gasteiger partial charge >= 0.3 is 0 Å². The molecule has 0 aliphatic rings. The van der Waals surface area contributed by atoms with E-state index in [4.69, 9.17) is 4.74 Å².